The maximum Gasteiger partial charge on any atom is 0.0570 e. The highest BCUT2D eigenvalue weighted by molar-refractivity contribution is 5.07. The lowest BCUT2D eigenvalue weighted by Crippen LogP contribution is -2.46. The lowest BCUT2D eigenvalue weighted by Gasteiger charge is -2.32. The summed E-state index contributed by atoms with van der Waals surface area (Å²) in [6, 6.07) is 6.41. The highest BCUT2D eigenvalue weighted by Gasteiger charge is 2.13. The third-order valence-electron chi connectivity index (χ3n) is 3.61. The molecule has 0 amide bonds. The summed E-state index contributed by atoms with van der Waals surface area (Å²) >= 11 is 0. The van der Waals surface area contributed by atoms with Gasteiger partial charge in [-0.1, -0.05) is 6.07 Å². The van der Waals surface area contributed by atoms with Gasteiger partial charge in [-0.2, -0.15) is 0 Å². The maximum atomic E-state index is 4.37. The fourth-order valence-electron chi connectivity index (χ4n) is 2.25. The molecule has 0 aromatic carbocycles. The van der Waals surface area contributed by atoms with E-state index in [0.29, 0.717) is 6.04 Å². The van der Waals surface area contributed by atoms with E-state index in [1.165, 1.54) is 26.2 Å². The Hall–Kier alpha value is -0.970. The van der Waals surface area contributed by atoms with E-state index in [9.17, 15) is 0 Å². The Morgan fingerprint density at radius 2 is 2.06 bits per heavy atom. The molecule has 1 fully saturated rings. The lowest BCUT2D eigenvalue weighted by atomic mass is 10.2. The van der Waals surface area contributed by atoms with Crippen molar-refractivity contribution < 1.29 is 0 Å². The van der Waals surface area contributed by atoms with E-state index < -0.39 is 0 Å². The van der Waals surface area contributed by atoms with E-state index in [0.717, 1.165) is 18.8 Å². The molecule has 4 nitrogen and oxygen atoms in total. The van der Waals surface area contributed by atoms with Gasteiger partial charge in [0.15, 0.2) is 0 Å². The summed E-state index contributed by atoms with van der Waals surface area (Å²) in [7, 11) is 2.19. The normalized spacial score (nSPS) is 19.9. The maximum absolute atomic E-state index is 4.37. The van der Waals surface area contributed by atoms with Crippen molar-refractivity contribution in [3.05, 3.63) is 30.1 Å². The van der Waals surface area contributed by atoms with Crippen molar-refractivity contribution in [3.8, 4) is 0 Å². The van der Waals surface area contributed by atoms with Crippen molar-refractivity contribution in [3.63, 3.8) is 0 Å². The molecule has 0 saturated carbocycles. The van der Waals surface area contributed by atoms with Crippen LogP contribution in [-0.4, -0.2) is 61.1 Å². The van der Waals surface area contributed by atoms with Crippen LogP contribution in [0.25, 0.3) is 0 Å². The number of nitrogens with one attached hydrogen (secondary N) is 1. The van der Waals surface area contributed by atoms with Gasteiger partial charge in [0.1, 0.15) is 0 Å². The molecule has 1 aromatic rings. The first-order valence-corrected chi connectivity index (χ1v) is 6.81. The minimum atomic E-state index is 0.332. The first-order valence-electron chi connectivity index (χ1n) is 6.81. The Balaban J connectivity index is 1.66. The van der Waals surface area contributed by atoms with Gasteiger partial charge in [0.25, 0.3) is 0 Å². The first kappa shape index (κ1) is 13.5. The molecule has 18 heavy (non-hydrogen) atoms. The second-order valence-corrected chi connectivity index (χ2v) is 5.08. The number of piperazine rings is 1. The van der Waals surface area contributed by atoms with E-state index in [4.69, 9.17) is 0 Å². The predicted octanol–water partition coefficient (Wildman–Crippen LogP) is 0.980. The second-order valence-electron chi connectivity index (χ2n) is 5.08. The highest BCUT2D eigenvalue weighted by Crippen LogP contribution is 2.07. The van der Waals surface area contributed by atoms with Crippen molar-refractivity contribution in [1.29, 1.82) is 0 Å². The van der Waals surface area contributed by atoms with E-state index in [-0.39, 0.29) is 0 Å². The Kier molecular flexibility index (Phi) is 5.11. The third-order valence-corrected chi connectivity index (χ3v) is 3.61. The molecular weight excluding hydrogens is 224 g/mol. The zero-order valence-electron chi connectivity index (χ0n) is 11.5. The Morgan fingerprint density at radius 1 is 1.28 bits per heavy atom. The highest BCUT2D eigenvalue weighted by atomic mass is 15.2. The number of hydrogen-bond acceptors (Lipinski definition) is 4. The fourth-order valence-corrected chi connectivity index (χ4v) is 2.25. The summed E-state index contributed by atoms with van der Waals surface area (Å²) in [5.74, 6) is 0. The molecule has 2 rings (SSSR count). The molecule has 1 aromatic heterocycles. The largest absolute Gasteiger partial charge is 0.308 e. The summed E-state index contributed by atoms with van der Waals surface area (Å²) in [6.07, 6.45) is 1.86. The molecule has 0 unspecified atom stereocenters. The van der Waals surface area contributed by atoms with Gasteiger partial charge in [-0.25, -0.2) is 0 Å². The Labute approximate surface area is 110 Å². The van der Waals surface area contributed by atoms with Crippen LogP contribution in [0.15, 0.2) is 24.4 Å². The number of aromatic nitrogens is 1. The van der Waals surface area contributed by atoms with E-state index >= 15 is 0 Å². The van der Waals surface area contributed by atoms with Crippen LogP contribution < -0.4 is 5.32 Å². The third kappa shape index (κ3) is 4.05. The zero-order chi connectivity index (χ0) is 12.8. The molecule has 0 bridgehead atoms. The van der Waals surface area contributed by atoms with Crippen molar-refractivity contribution in [2.45, 2.75) is 13.0 Å². The molecule has 1 saturated heterocycles. The van der Waals surface area contributed by atoms with Gasteiger partial charge >= 0.3 is 0 Å². The minimum Gasteiger partial charge on any atom is -0.308 e. The number of rotatable bonds is 5. The van der Waals surface area contributed by atoms with Crippen molar-refractivity contribution >= 4 is 0 Å². The summed E-state index contributed by atoms with van der Waals surface area (Å²) < 4.78 is 0. The minimum absolute atomic E-state index is 0.332. The van der Waals surface area contributed by atoms with Crippen LogP contribution in [0.3, 0.4) is 0 Å². The molecule has 100 valence electrons. The van der Waals surface area contributed by atoms with Crippen LogP contribution in [-0.2, 0) is 0 Å². The monoisotopic (exact) mass is 248 g/mol. The molecule has 4 heteroatoms. The molecule has 1 aliphatic rings. The average molecular weight is 248 g/mol. The first-order chi connectivity index (χ1) is 8.75. The van der Waals surface area contributed by atoms with Crippen molar-refractivity contribution in [2.24, 2.45) is 0 Å². The van der Waals surface area contributed by atoms with Gasteiger partial charge in [0.05, 0.1) is 5.69 Å². The Bertz CT molecular complexity index is 333. The van der Waals surface area contributed by atoms with Crippen LogP contribution in [0.2, 0.25) is 0 Å². The number of likely N-dealkylation sites (N-methyl/N-ethyl adjacent to an activating group) is 1. The summed E-state index contributed by atoms with van der Waals surface area (Å²) in [6.45, 7) is 9.09. The standard InChI is InChI=1S/C14H24N4/c1-13(14-5-3-4-6-16-14)15-7-8-18-11-9-17(2)10-12-18/h3-6,13,15H,7-12H2,1-2H3/t13-/m0/s1. The molecule has 0 radical (unpaired) electrons. The van der Waals surface area contributed by atoms with Crippen LogP contribution >= 0.6 is 0 Å². The molecule has 0 spiro atoms. The topological polar surface area (TPSA) is 31.4 Å². The summed E-state index contributed by atoms with van der Waals surface area (Å²) in [5, 5.41) is 3.54. The van der Waals surface area contributed by atoms with Gasteiger partial charge in [0, 0.05) is 51.5 Å². The van der Waals surface area contributed by atoms with Gasteiger partial charge in [-0.15, -0.1) is 0 Å². The summed E-state index contributed by atoms with van der Waals surface area (Å²) in [4.78, 5) is 9.29. The Morgan fingerprint density at radius 3 is 2.72 bits per heavy atom. The molecule has 1 atom stereocenters. The number of nitrogens with zero attached hydrogens (tertiary/aromatic N) is 3. The second kappa shape index (κ2) is 6.83. The molecule has 1 N–H and O–H groups in total. The molecule has 0 aliphatic carbocycles. The van der Waals surface area contributed by atoms with Gasteiger partial charge in [0.2, 0.25) is 0 Å². The molecule has 2 heterocycles. The smallest absolute Gasteiger partial charge is 0.0570 e. The van der Waals surface area contributed by atoms with E-state index in [2.05, 4.69) is 40.1 Å². The molecular formula is C14H24N4. The van der Waals surface area contributed by atoms with Crippen LogP contribution in [0, 0.1) is 0 Å². The fraction of sp³-hybridized carbons (Fsp3) is 0.643. The van der Waals surface area contributed by atoms with E-state index in [1.54, 1.807) is 0 Å². The number of hydrogen-bond donors (Lipinski definition) is 1. The van der Waals surface area contributed by atoms with Gasteiger partial charge in [-0.05, 0) is 26.1 Å². The quantitative estimate of drug-likeness (QED) is 0.842. The van der Waals surface area contributed by atoms with Crippen LogP contribution in [0.5, 0.6) is 0 Å². The van der Waals surface area contributed by atoms with Gasteiger partial charge in [-0.3, -0.25) is 9.88 Å². The zero-order valence-corrected chi connectivity index (χ0v) is 11.5. The average Bonchev–Trinajstić information content (AvgIpc) is 2.42. The number of pyridine rings is 1. The van der Waals surface area contributed by atoms with E-state index in [1.807, 2.05) is 18.3 Å². The van der Waals surface area contributed by atoms with Crippen molar-refractivity contribution in [1.82, 2.24) is 20.1 Å². The lowest BCUT2D eigenvalue weighted by molar-refractivity contribution is 0.154. The summed E-state index contributed by atoms with van der Waals surface area (Å²) in [5.41, 5.74) is 1.12. The predicted molar refractivity (Wildman–Crippen MR) is 74.6 cm³/mol. The van der Waals surface area contributed by atoms with Crippen molar-refractivity contribution in [2.75, 3.05) is 46.3 Å². The SMILES string of the molecule is C[C@H](NCCN1CCN(C)CC1)c1ccccn1. The van der Waals surface area contributed by atoms with Crippen LogP contribution in [0.1, 0.15) is 18.7 Å². The van der Waals surface area contributed by atoms with Crippen LogP contribution in [0.4, 0.5) is 0 Å². The molecule has 1 aliphatic heterocycles. The van der Waals surface area contributed by atoms with Gasteiger partial charge < -0.3 is 10.2 Å².